The first-order valence-electron chi connectivity index (χ1n) is 5.24. The number of hydrogen-bond donors (Lipinski definition) is 0. The summed E-state index contributed by atoms with van der Waals surface area (Å²) >= 11 is 4.48. The van der Waals surface area contributed by atoms with E-state index < -0.39 is 0 Å². The van der Waals surface area contributed by atoms with Crippen LogP contribution in [0.2, 0.25) is 0 Å². The molecule has 100 valence electrons. The zero-order valence-corrected chi connectivity index (χ0v) is 13.3. The van der Waals surface area contributed by atoms with E-state index >= 15 is 0 Å². The van der Waals surface area contributed by atoms with E-state index in [1.165, 1.54) is 0 Å². The van der Waals surface area contributed by atoms with Crippen LogP contribution in [0.1, 0.15) is 19.8 Å². The molecular weight excluding hydrogens is 269 g/mol. The second kappa shape index (κ2) is 11.9. The average molecular weight is 294 g/mol. The number of nitrogens with zero attached hydrogens (tertiary/aromatic N) is 3. The molecule has 0 rings (SSSR count). The van der Waals surface area contributed by atoms with Crippen LogP contribution in [0, 0.1) is 10.7 Å². The molecule has 0 aromatic heterocycles. The molecule has 0 bridgehead atoms. The van der Waals surface area contributed by atoms with Gasteiger partial charge in [0.1, 0.15) is 8.37 Å². The van der Waals surface area contributed by atoms with Crippen molar-refractivity contribution < 1.29 is 16.0 Å². The number of rotatable bonds is 4. The van der Waals surface area contributed by atoms with E-state index in [0.29, 0.717) is 0 Å². The molecule has 0 aromatic rings. The number of hydrogen-bond acceptors (Lipinski definition) is 3. The van der Waals surface area contributed by atoms with Crippen molar-refractivity contribution in [3.8, 4) is 10.7 Å². The fourth-order valence-corrected chi connectivity index (χ4v) is 3.50. The molecule has 0 aromatic carbocycles. The quantitative estimate of drug-likeness (QED) is 0.447. The van der Waals surface area contributed by atoms with Crippen LogP contribution in [0.15, 0.2) is 0 Å². The first kappa shape index (κ1) is 18.7. The van der Waals surface area contributed by atoms with Crippen molar-refractivity contribution in [2.75, 3.05) is 42.3 Å². The van der Waals surface area contributed by atoms with E-state index in [-0.39, 0.29) is 8.37 Å². The van der Waals surface area contributed by atoms with E-state index in [2.05, 4.69) is 90.0 Å². The zero-order valence-electron chi connectivity index (χ0n) is 11.5. The predicted molar refractivity (Wildman–Crippen MR) is 70.7 cm³/mol. The molecule has 0 unspecified atom stereocenters. The van der Waals surface area contributed by atoms with Gasteiger partial charge in [0.25, 0.3) is 0 Å². The molecule has 0 saturated heterocycles. The minimum atomic E-state index is -0.238. The summed E-state index contributed by atoms with van der Waals surface area (Å²) in [6, 6.07) is 0. The van der Waals surface area contributed by atoms with Gasteiger partial charge in [-0.2, -0.15) is 0 Å². The molecule has 16 heavy (non-hydrogen) atoms. The molecule has 3 nitrogen and oxygen atoms in total. The Morgan fingerprint density at radius 1 is 0.938 bits per heavy atom. The Hall–Kier alpha value is 0.389. The summed E-state index contributed by atoms with van der Waals surface area (Å²) in [4.78, 5) is 2.38. The second-order valence-electron chi connectivity index (χ2n) is 3.81. The van der Waals surface area contributed by atoms with Gasteiger partial charge in [-0.25, -0.2) is 0 Å². The predicted octanol–water partition coefficient (Wildman–Crippen LogP) is 2.19. The Morgan fingerprint density at radius 2 is 1.31 bits per heavy atom. The van der Waals surface area contributed by atoms with E-state index in [1.54, 1.807) is 0 Å². The maximum absolute atomic E-state index is 4.48. The van der Waals surface area contributed by atoms with Crippen molar-refractivity contribution in [3.05, 3.63) is 0 Å². The Kier molecular flexibility index (Phi) is 13.9. The van der Waals surface area contributed by atoms with Crippen molar-refractivity contribution in [3.63, 3.8) is 0 Å². The van der Waals surface area contributed by atoms with Gasteiger partial charge in [0.05, 0.1) is 0 Å². The summed E-state index contributed by atoms with van der Waals surface area (Å²) in [7, 11) is 12.4. The van der Waals surface area contributed by atoms with Gasteiger partial charge in [0, 0.05) is 0 Å². The van der Waals surface area contributed by atoms with E-state index in [4.69, 9.17) is 0 Å². The van der Waals surface area contributed by atoms with Gasteiger partial charge < -0.3 is 0 Å². The average Bonchev–Trinajstić information content (AvgIpc) is 2.13. The molecule has 0 radical (unpaired) electrons. The van der Waals surface area contributed by atoms with Crippen molar-refractivity contribution in [1.29, 1.82) is 0 Å². The molecule has 0 atom stereocenters. The van der Waals surface area contributed by atoms with Gasteiger partial charge in [-0.05, 0) is 42.3 Å². The smallest absolute Gasteiger partial charge is 0.118 e. The van der Waals surface area contributed by atoms with Gasteiger partial charge in [-0.3, -0.25) is 14.0 Å². The molecule has 0 heterocycles. The maximum Gasteiger partial charge on any atom is 0.118 e. The van der Waals surface area contributed by atoms with Crippen LogP contribution >= 0.6 is 8.37 Å². The van der Waals surface area contributed by atoms with Crippen LogP contribution in [-0.4, -0.2) is 56.3 Å². The first-order chi connectivity index (χ1) is 7.38. The SMILES string of the molecule is CCCC#[C][Cu].CN(C)P(N(C)C)N(C)C. The normalized spacial score (nSPS) is 10.3. The fraction of sp³-hybridized carbons (Fsp3) is 0.818. The molecular formula is C11H25CuN3P. The Morgan fingerprint density at radius 3 is 1.38 bits per heavy atom. The third kappa shape index (κ3) is 10.9. The van der Waals surface area contributed by atoms with Crippen molar-refractivity contribution in [1.82, 2.24) is 14.0 Å². The standard InChI is InChI=1S/C6H18N3P.C5H7.Cu/c1-7(2)10(8(3)4)9(5)6;1-3-5-4-2;/h1-6H3;3,5H2,1H3;. The van der Waals surface area contributed by atoms with Crippen LogP contribution in [0.25, 0.3) is 0 Å². The van der Waals surface area contributed by atoms with Crippen LogP contribution in [0.5, 0.6) is 0 Å². The Bertz CT molecular complexity index is 190. The molecule has 0 amide bonds. The van der Waals surface area contributed by atoms with Crippen molar-refractivity contribution in [2.45, 2.75) is 19.8 Å². The zero-order chi connectivity index (χ0) is 13.1. The van der Waals surface area contributed by atoms with Crippen molar-refractivity contribution in [2.24, 2.45) is 0 Å². The van der Waals surface area contributed by atoms with E-state index in [0.717, 1.165) is 12.8 Å². The minimum Gasteiger partial charge on any atom is -0.264 e. The van der Waals surface area contributed by atoms with Gasteiger partial charge in [-0.1, -0.05) is 0 Å². The summed E-state index contributed by atoms with van der Waals surface area (Å²) in [5, 5.41) is 0. The van der Waals surface area contributed by atoms with Gasteiger partial charge >= 0.3 is 46.5 Å². The van der Waals surface area contributed by atoms with Crippen LogP contribution in [0.4, 0.5) is 0 Å². The van der Waals surface area contributed by atoms with Crippen LogP contribution in [0.3, 0.4) is 0 Å². The summed E-state index contributed by atoms with van der Waals surface area (Å²) in [5.41, 5.74) is 0. The van der Waals surface area contributed by atoms with Gasteiger partial charge in [-0.15, -0.1) is 0 Å². The third-order valence-electron chi connectivity index (χ3n) is 1.50. The molecule has 0 saturated carbocycles. The molecule has 5 heteroatoms. The second-order valence-corrected chi connectivity index (χ2v) is 6.98. The monoisotopic (exact) mass is 293 g/mol. The van der Waals surface area contributed by atoms with E-state index in [9.17, 15) is 0 Å². The Balaban J connectivity index is 0. The number of unbranched alkanes of at least 4 members (excludes halogenated alkanes) is 1. The van der Waals surface area contributed by atoms with Crippen LogP contribution < -0.4 is 0 Å². The molecule has 0 aliphatic rings. The summed E-state index contributed by atoms with van der Waals surface area (Å²) in [6.45, 7) is 2.08. The molecule has 0 spiro atoms. The van der Waals surface area contributed by atoms with Gasteiger partial charge in [0.15, 0.2) is 0 Å². The minimum absolute atomic E-state index is 0.238. The molecule has 0 fully saturated rings. The fourth-order valence-electron chi connectivity index (χ4n) is 1.24. The first-order valence-corrected chi connectivity index (χ1v) is 6.92. The summed E-state index contributed by atoms with van der Waals surface area (Å²) in [6.07, 6.45) is 2.05. The maximum atomic E-state index is 4.48. The van der Waals surface area contributed by atoms with Crippen LogP contribution in [-0.2, 0) is 16.0 Å². The Labute approximate surface area is 111 Å². The topological polar surface area (TPSA) is 9.72 Å². The third-order valence-corrected chi connectivity index (χ3v) is 3.81. The largest absolute Gasteiger partial charge is 0.264 e. The molecule has 0 aliphatic heterocycles. The molecule has 0 N–H and O–H groups in total. The van der Waals surface area contributed by atoms with Crippen molar-refractivity contribution >= 4 is 8.37 Å². The van der Waals surface area contributed by atoms with Gasteiger partial charge in [0.2, 0.25) is 0 Å². The van der Waals surface area contributed by atoms with E-state index in [1.807, 2.05) is 0 Å². The summed E-state index contributed by atoms with van der Waals surface area (Å²) < 4.78 is 6.69. The molecule has 0 aliphatic carbocycles. The summed E-state index contributed by atoms with van der Waals surface area (Å²) in [5.74, 6) is 2.75.